The molecule has 1 fully saturated rings. The molecule has 1 aromatic heterocycles. The Balaban J connectivity index is 2.36. The number of aryl methyl sites for hydroxylation is 2. The van der Waals surface area contributed by atoms with E-state index >= 15 is 0 Å². The summed E-state index contributed by atoms with van der Waals surface area (Å²) < 4.78 is 6.22. The molecule has 0 amide bonds. The van der Waals surface area contributed by atoms with Crippen molar-refractivity contribution in [3.05, 3.63) is 16.0 Å². The molecule has 0 spiro atoms. The molecule has 5 heteroatoms. The first kappa shape index (κ1) is 14.7. The van der Waals surface area contributed by atoms with E-state index in [1.807, 2.05) is 0 Å². The zero-order valence-electron chi connectivity index (χ0n) is 11.9. The van der Waals surface area contributed by atoms with Crippen LogP contribution in [0, 0.1) is 0 Å². The summed E-state index contributed by atoms with van der Waals surface area (Å²) in [5.74, 6) is 1.06. The van der Waals surface area contributed by atoms with Crippen LogP contribution in [0.25, 0.3) is 0 Å². The van der Waals surface area contributed by atoms with E-state index in [0.29, 0.717) is 6.04 Å². The Hall–Kier alpha value is -0.680. The van der Waals surface area contributed by atoms with Crippen molar-refractivity contribution in [2.75, 3.05) is 25.2 Å². The third-order valence-electron chi connectivity index (χ3n) is 3.65. The van der Waals surface area contributed by atoms with Gasteiger partial charge in [0.05, 0.1) is 24.0 Å². The van der Waals surface area contributed by atoms with Crippen LogP contribution in [0.5, 0.6) is 0 Å². The van der Waals surface area contributed by atoms with Gasteiger partial charge in [0.1, 0.15) is 4.60 Å². The topological polar surface area (TPSA) is 38.2 Å². The maximum Gasteiger partial charge on any atom is 0.151 e. The van der Waals surface area contributed by atoms with Crippen LogP contribution >= 0.6 is 15.9 Å². The molecular weight excluding hydrogens is 306 g/mol. The van der Waals surface area contributed by atoms with Crippen molar-refractivity contribution in [3.63, 3.8) is 0 Å². The van der Waals surface area contributed by atoms with Crippen molar-refractivity contribution < 1.29 is 4.74 Å². The van der Waals surface area contributed by atoms with Crippen molar-refractivity contribution in [2.45, 2.75) is 45.6 Å². The fourth-order valence-electron chi connectivity index (χ4n) is 2.64. The number of hydrogen-bond acceptors (Lipinski definition) is 4. The van der Waals surface area contributed by atoms with Gasteiger partial charge in [0.25, 0.3) is 0 Å². The molecule has 1 atom stereocenters. The second-order valence-corrected chi connectivity index (χ2v) is 5.63. The van der Waals surface area contributed by atoms with Crippen LogP contribution in [0.3, 0.4) is 0 Å². The number of halogens is 1. The Morgan fingerprint density at radius 1 is 1.26 bits per heavy atom. The molecule has 0 saturated carbocycles. The highest BCUT2D eigenvalue weighted by Gasteiger charge is 2.28. The highest BCUT2D eigenvalue weighted by molar-refractivity contribution is 9.10. The number of nitrogens with zero attached hydrogens (tertiary/aromatic N) is 3. The molecular formula is C14H22BrN3O. The molecule has 1 aromatic rings. The minimum absolute atomic E-state index is 0.440. The second-order valence-electron chi connectivity index (χ2n) is 4.88. The number of ether oxygens (including phenoxy) is 1. The van der Waals surface area contributed by atoms with Gasteiger partial charge in [0, 0.05) is 13.7 Å². The number of methoxy groups -OCH3 is 1. The molecule has 2 heterocycles. The molecule has 0 radical (unpaired) electrons. The van der Waals surface area contributed by atoms with Crippen molar-refractivity contribution in [2.24, 2.45) is 0 Å². The Bertz CT molecular complexity index is 439. The van der Waals surface area contributed by atoms with Crippen LogP contribution in [-0.2, 0) is 17.6 Å². The zero-order valence-corrected chi connectivity index (χ0v) is 13.5. The number of anilines is 1. The monoisotopic (exact) mass is 327 g/mol. The molecule has 106 valence electrons. The molecule has 2 rings (SSSR count). The third kappa shape index (κ3) is 3.08. The lowest BCUT2D eigenvalue weighted by molar-refractivity contribution is 0.180. The van der Waals surface area contributed by atoms with Gasteiger partial charge in [-0.05, 0) is 41.6 Å². The minimum Gasteiger partial charge on any atom is -0.383 e. The fourth-order valence-corrected chi connectivity index (χ4v) is 3.23. The average Bonchev–Trinajstić information content (AvgIpc) is 2.87. The summed E-state index contributed by atoms with van der Waals surface area (Å²) in [6, 6.07) is 0.440. The van der Waals surface area contributed by atoms with E-state index in [0.717, 1.165) is 47.8 Å². The first-order valence-corrected chi connectivity index (χ1v) is 7.81. The van der Waals surface area contributed by atoms with Gasteiger partial charge in [-0.3, -0.25) is 0 Å². The molecule has 0 unspecified atom stereocenters. The van der Waals surface area contributed by atoms with Crippen LogP contribution < -0.4 is 4.90 Å². The largest absolute Gasteiger partial charge is 0.383 e. The van der Waals surface area contributed by atoms with Gasteiger partial charge in [-0.15, -0.1) is 0 Å². The zero-order chi connectivity index (χ0) is 13.8. The standard InChI is InChI=1S/C14H22BrN3O/c1-4-11-13(15)16-12(5-2)14(17-11)18-8-6-7-10(18)9-19-3/h10H,4-9H2,1-3H3/t10-/m1/s1. The van der Waals surface area contributed by atoms with Gasteiger partial charge >= 0.3 is 0 Å². The summed E-state index contributed by atoms with van der Waals surface area (Å²) in [6.45, 7) is 6.07. The van der Waals surface area contributed by atoms with E-state index in [1.54, 1.807) is 7.11 Å². The quantitative estimate of drug-likeness (QED) is 0.833. The van der Waals surface area contributed by atoms with Crippen LogP contribution in [-0.4, -0.2) is 36.3 Å². The van der Waals surface area contributed by atoms with Crippen LogP contribution in [0.1, 0.15) is 38.1 Å². The summed E-state index contributed by atoms with van der Waals surface area (Å²) >= 11 is 3.52. The van der Waals surface area contributed by atoms with Gasteiger partial charge < -0.3 is 9.64 Å². The van der Waals surface area contributed by atoms with Crippen LogP contribution in [0.2, 0.25) is 0 Å². The molecule has 0 N–H and O–H groups in total. The highest BCUT2D eigenvalue weighted by atomic mass is 79.9. The first-order chi connectivity index (χ1) is 9.21. The van der Waals surface area contributed by atoms with Crippen LogP contribution in [0.15, 0.2) is 4.60 Å². The maximum absolute atomic E-state index is 5.33. The number of aromatic nitrogens is 2. The van der Waals surface area contributed by atoms with Crippen LogP contribution in [0.4, 0.5) is 5.82 Å². The minimum atomic E-state index is 0.440. The molecule has 0 aromatic carbocycles. The number of rotatable bonds is 5. The Kier molecular flexibility index (Phi) is 5.16. The normalized spacial score (nSPS) is 19.2. The van der Waals surface area contributed by atoms with Crippen molar-refractivity contribution >= 4 is 21.7 Å². The Morgan fingerprint density at radius 3 is 2.63 bits per heavy atom. The maximum atomic E-state index is 5.33. The van der Waals surface area contributed by atoms with Crippen molar-refractivity contribution in [3.8, 4) is 0 Å². The predicted octanol–water partition coefficient (Wildman–Crippen LogP) is 2.98. The molecule has 1 saturated heterocycles. The van der Waals surface area contributed by atoms with Gasteiger partial charge in [-0.1, -0.05) is 13.8 Å². The lowest BCUT2D eigenvalue weighted by Crippen LogP contribution is -2.34. The highest BCUT2D eigenvalue weighted by Crippen LogP contribution is 2.29. The van der Waals surface area contributed by atoms with Crippen molar-refractivity contribution in [1.82, 2.24) is 9.97 Å². The van der Waals surface area contributed by atoms with Gasteiger partial charge in [-0.2, -0.15) is 0 Å². The molecule has 1 aliphatic heterocycles. The summed E-state index contributed by atoms with van der Waals surface area (Å²) in [7, 11) is 1.77. The van der Waals surface area contributed by atoms with E-state index in [2.05, 4.69) is 39.7 Å². The van der Waals surface area contributed by atoms with Crippen molar-refractivity contribution in [1.29, 1.82) is 0 Å². The second kappa shape index (κ2) is 6.66. The smallest absolute Gasteiger partial charge is 0.151 e. The lowest BCUT2D eigenvalue weighted by Gasteiger charge is -2.27. The summed E-state index contributed by atoms with van der Waals surface area (Å²) in [4.78, 5) is 11.9. The third-order valence-corrected chi connectivity index (χ3v) is 4.28. The molecule has 19 heavy (non-hydrogen) atoms. The average molecular weight is 328 g/mol. The Labute approximate surface area is 123 Å². The number of hydrogen-bond donors (Lipinski definition) is 0. The van der Waals surface area contributed by atoms with Gasteiger partial charge in [0.15, 0.2) is 5.82 Å². The summed E-state index contributed by atoms with van der Waals surface area (Å²) in [5, 5.41) is 0. The SMILES string of the molecule is CCc1nc(N2CCC[C@@H]2COC)c(CC)nc1Br. The first-order valence-electron chi connectivity index (χ1n) is 7.02. The van der Waals surface area contributed by atoms with Gasteiger partial charge in [0.2, 0.25) is 0 Å². The summed E-state index contributed by atoms with van der Waals surface area (Å²) in [5.41, 5.74) is 2.11. The molecule has 0 aliphatic carbocycles. The fraction of sp³-hybridized carbons (Fsp3) is 0.714. The predicted molar refractivity (Wildman–Crippen MR) is 80.7 cm³/mol. The summed E-state index contributed by atoms with van der Waals surface area (Å²) in [6.07, 6.45) is 4.18. The van der Waals surface area contributed by atoms with E-state index in [9.17, 15) is 0 Å². The van der Waals surface area contributed by atoms with E-state index < -0.39 is 0 Å². The molecule has 4 nitrogen and oxygen atoms in total. The molecule has 0 bridgehead atoms. The van der Waals surface area contributed by atoms with Gasteiger partial charge in [-0.25, -0.2) is 9.97 Å². The van der Waals surface area contributed by atoms with E-state index in [-0.39, 0.29) is 0 Å². The molecule has 1 aliphatic rings. The lowest BCUT2D eigenvalue weighted by atomic mass is 10.2. The van der Waals surface area contributed by atoms with E-state index in [1.165, 1.54) is 12.8 Å². The Morgan fingerprint density at radius 2 is 2.00 bits per heavy atom. The van der Waals surface area contributed by atoms with E-state index in [4.69, 9.17) is 9.72 Å².